The fourth-order valence-electron chi connectivity index (χ4n) is 2.84. The standard InChI is InChI=1S/C14H14FN3O3/c1-8-4-9(6-10(15)5-8)11(19)18-3-2-14(7-18)12(20)16-13(21)17-14/h4-6H,2-3,7H2,1H3,(H2,16,17,20,21). The molecule has 2 aliphatic rings. The molecule has 3 rings (SSSR count). The Balaban J connectivity index is 1.81. The highest BCUT2D eigenvalue weighted by molar-refractivity contribution is 6.08. The zero-order valence-corrected chi connectivity index (χ0v) is 11.4. The molecule has 21 heavy (non-hydrogen) atoms. The number of likely N-dealkylation sites (tertiary alicyclic amines) is 1. The molecule has 2 heterocycles. The van der Waals surface area contributed by atoms with Crippen LogP contribution in [0.2, 0.25) is 0 Å². The summed E-state index contributed by atoms with van der Waals surface area (Å²) in [5.74, 6) is -1.24. The number of hydrogen-bond acceptors (Lipinski definition) is 3. The minimum absolute atomic E-state index is 0.0962. The van der Waals surface area contributed by atoms with Gasteiger partial charge in [-0.05, 0) is 37.1 Å². The number of nitrogens with one attached hydrogen (secondary N) is 2. The number of carbonyl (C=O) groups excluding carboxylic acids is 3. The maximum Gasteiger partial charge on any atom is 0.322 e. The fraction of sp³-hybridized carbons (Fsp3) is 0.357. The molecular weight excluding hydrogens is 277 g/mol. The lowest BCUT2D eigenvalue weighted by Crippen LogP contribution is -2.49. The molecule has 0 aliphatic carbocycles. The Labute approximate surface area is 120 Å². The van der Waals surface area contributed by atoms with E-state index in [1.165, 1.54) is 17.0 Å². The Bertz CT molecular complexity index is 641. The lowest BCUT2D eigenvalue weighted by Gasteiger charge is -2.21. The predicted octanol–water partition coefficient (Wildman–Crippen LogP) is 0.558. The van der Waals surface area contributed by atoms with E-state index in [4.69, 9.17) is 0 Å². The first-order valence-electron chi connectivity index (χ1n) is 6.60. The predicted molar refractivity (Wildman–Crippen MR) is 71.1 cm³/mol. The molecular formula is C14H14FN3O3. The summed E-state index contributed by atoms with van der Waals surface area (Å²) < 4.78 is 13.4. The van der Waals surface area contributed by atoms with Gasteiger partial charge in [0.25, 0.3) is 11.8 Å². The SMILES string of the molecule is Cc1cc(F)cc(C(=O)N2CCC3(C2)NC(=O)NC3=O)c1. The molecule has 1 unspecified atom stereocenters. The van der Waals surface area contributed by atoms with Gasteiger partial charge in [-0.2, -0.15) is 0 Å². The van der Waals surface area contributed by atoms with Gasteiger partial charge in [0.2, 0.25) is 0 Å². The third kappa shape index (κ3) is 2.24. The minimum Gasteiger partial charge on any atom is -0.336 e. The first kappa shape index (κ1) is 13.5. The smallest absolute Gasteiger partial charge is 0.322 e. The molecule has 0 saturated carbocycles. The average molecular weight is 291 g/mol. The van der Waals surface area contributed by atoms with Crippen molar-refractivity contribution < 1.29 is 18.8 Å². The monoisotopic (exact) mass is 291 g/mol. The Morgan fingerprint density at radius 3 is 2.71 bits per heavy atom. The molecule has 1 spiro atoms. The molecule has 0 bridgehead atoms. The number of halogens is 1. The Kier molecular flexibility index (Phi) is 2.93. The Hall–Kier alpha value is -2.44. The lowest BCUT2D eigenvalue weighted by molar-refractivity contribution is -0.123. The van der Waals surface area contributed by atoms with E-state index in [-0.39, 0.29) is 18.0 Å². The minimum atomic E-state index is -1.05. The van der Waals surface area contributed by atoms with Crippen molar-refractivity contribution in [3.63, 3.8) is 0 Å². The molecule has 7 heteroatoms. The van der Waals surface area contributed by atoms with Gasteiger partial charge < -0.3 is 10.2 Å². The molecule has 1 aromatic carbocycles. The second-order valence-electron chi connectivity index (χ2n) is 5.48. The number of rotatable bonds is 1. The number of nitrogens with zero attached hydrogens (tertiary/aromatic N) is 1. The summed E-state index contributed by atoms with van der Waals surface area (Å²) in [5, 5.41) is 4.75. The van der Waals surface area contributed by atoms with Crippen LogP contribution in [0.4, 0.5) is 9.18 Å². The molecule has 2 aliphatic heterocycles. The first-order chi connectivity index (χ1) is 9.89. The number of imide groups is 1. The molecule has 4 amide bonds. The van der Waals surface area contributed by atoms with Crippen LogP contribution in [0.1, 0.15) is 22.3 Å². The van der Waals surface area contributed by atoms with Crippen molar-refractivity contribution in [3.05, 3.63) is 35.1 Å². The van der Waals surface area contributed by atoms with E-state index in [0.29, 0.717) is 18.5 Å². The van der Waals surface area contributed by atoms with Gasteiger partial charge in [-0.3, -0.25) is 14.9 Å². The molecule has 1 atom stereocenters. The van der Waals surface area contributed by atoms with E-state index < -0.39 is 23.3 Å². The highest BCUT2D eigenvalue weighted by Crippen LogP contribution is 2.26. The highest BCUT2D eigenvalue weighted by Gasteiger charge is 2.51. The Morgan fingerprint density at radius 2 is 2.10 bits per heavy atom. The number of urea groups is 1. The third-order valence-corrected chi connectivity index (χ3v) is 3.86. The second kappa shape index (κ2) is 4.54. The maximum absolute atomic E-state index is 13.4. The summed E-state index contributed by atoms with van der Waals surface area (Å²) in [6.07, 6.45) is 0.352. The van der Waals surface area contributed by atoms with E-state index in [9.17, 15) is 18.8 Å². The number of carbonyl (C=O) groups is 3. The summed E-state index contributed by atoms with van der Waals surface area (Å²) in [4.78, 5) is 36.9. The topological polar surface area (TPSA) is 78.5 Å². The van der Waals surface area contributed by atoms with Crippen LogP contribution in [0.25, 0.3) is 0 Å². The zero-order chi connectivity index (χ0) is 15.2. The van der Waals surface area contributed by atoms with Gasteiger partial charge in [-0.15, -0.1) is 0 Å². The highest BCUT2D eigenvalue weighted by atomic mass is 19.1. The van der Waals surface area contributed by atoms with Crippen LogP contribution in [-0.2, 0) is 4.79 Å². The zero-order valence-electron chi connectivity index (χ0n) is 11.4. The maximum atomic E-state index is 13.4. The molecule has 2 fully saturated rings. The van der Waals surface area contributed by atoms with Crippen molar-refractivity contribution in [2.75, 3.05) is 13.1 Å². The van der Waals surface area contributed by atoms with Gasteiger partial charge >= 0.3 is 6.03 Å². The molecule has 110 valence electrons. The molecule has 1 aromatic rings. The fourth-order valence-corrected chi connectivity index (χ4v) is 2.84. The van der Waals surface area contributed by atoms with Gasteiger partial charge in [0.15, 0.2) is 0 Å². The van der Waals surface area contributed by atoms with Crippen LogP contribution in [0.3, 0.4) is 0 Å². The van der Waals surface area contributed by atoms with Crippen molar-refractivity contribution in [3.8, 4) is 0 Å². The van der Waals surface area contributed by atoms with E-state index in [2.05, 4.69) is 10.6 Å². The molecule has 2 N–H and O–H groups in total. The van der Waals surface area contributed by atoms with E-state index >= 15 is 0 Å². The molecule has 0 aromatic heterocycles. The number of benzene rings is 1. The Morgan fingerprint density at radius 1 is 1.33 bits per heavy atom. The van der Waals surface area contributed by atoms with Gasteiger partial charge in [0.05, 0.1) is 6.54 Å². The van der Waals surface area contributed by atoms with Gasteiger partial charge in [-0.25, -0.2) is 9.18 Å². The molecule has 0 radical (unpaired) electrons. The number of amides is 4. The average Bonchev–Trinajstić information content (AvgIpc) is 2.93. The van der Waals surface area contributed by atoms with Gasteiger partial charge in [-0.1, -0.05) is 0 Å². The third-order valence-electron chi connectivity index (χ3n) is 3.86. The van der Waals surface area contributed by atoms with Crippen molar-refractivity contribution in [2.24, 2.45) is 0 Å². The summed E-state index contributed by atoms with van der Waals surface area (Å²) in [6.45, 7) is 2.14. The second-order valence-corrected chi connectivity index (χ2v) is 5.48. The van der Waals surface area contributed by atoms with Crippen LogP contribution in [0.15, 0.2) is 18.2 Å². The quantitative estimate of drug-likeness (QED) is 0.742. The van der Waals surface area contributed by atoms with Crippen molar-refractivity contribution in [1.29, 1.82) is 0 Å². The van der Waals surface area contributed by atoms with E-state index in [1.54, 1.807) is 13.0 Å². The molecule has 2 saturated heterocycles. The largest absolute Gasteiger partial charge is 0.336 e. The van der Waals surface area contributed by atoms with Gasteiger partial charge in [0, 0.05) is 12.1 Å². The summed E-state index contributed by atoms with van der Waals surface area (Å²) >= 11 is 0. The van der Waals surface area contributed by atoms with Crippen LogP contribution >= 0.6 is 0 Å². The normalized spacial score (nSPS) is 24.4. The first-order valence-corrected chi connectivity index (χ1v) is 6.60. The van der Waals surface area contributed by atoms with Crippen molar-refractivity contribution in [1.82, 2.24) is 15.5 Å². The van der Waals surface area contributed by atoms with Crippen LogP contribution in [-0.4, -0.2) is 41.4 Å². The molecule has 6 nitrogen and oxygen atoms in total. The van der Waals surface area contributed by atoms with Gasteiger partial charge in [0.1, 0.15) is 11.4 Å². The lowest BCUT2D eigenvalue weighted by atomic mass is 9.99. The van der Waals surface area contributed by atoms with Crippen LogP contribution in [0, 0.1) is 12.7 Å². The number of hydrogen-bond donors (Lipinski definition) is 2. The van der Waals surface area contributed by atoms with Crippen LogP contribution < -0.4 is 10.6 Å². The van der Waals surface area contributed by atoms with E-state index in [1.807, 2.05) is 0 Å². The van der Waals surface area contributed by atoms with E-state index in [0.717, 1.165) is 0 Å². The summed E-state index contributed by atoms with van der Waals surface area (Å²) in [6, 6.07) is 3.57. The summed E-state index contributed by atoms with van der Waals surface area (Å²) in [7, 11) is 0. The number of aryl methyl sites for hydroxylation is 1. The van der Waals surface area contributed by atoms with Crippen molar-refractivity contribution in [2.45, 2.75) is 18.9 Å². The summed E-state index contributed by atoms with van der Waals surface area (Å²) in [5.41, 5.74) is -0.150. The van der Waals surface area contributed by atoms with Crippen LogP contribution in [0.5, 0.6) is 0 Å². The van der Waals surface area contributed by atoms with Crippen molar-refractivity contribution >= 4 is 17.8 Å².